The summed E-state index contributed by atoms with van der Waals surface area (Å²) in [6.07, 6.45) is 2.32. The molecule has 1 aliphatic rings. The molecule has 0 bridgehead atoms. The normalized spacial score (nSPS) is 15.4. The molecule has 0 N–H and O–H groups in total. The maximum absolute atomic E-state index is 6.21. The van der Waals surface area contributed by atoms with E-state index >= 15 is 0 Å². The SMILES string of the molecule is CCN1C(=Cc2sc3ccc(Cl)cc3[n+]2CC)Sc2ccc(C)cc21. The molecule has 1 aromatic heterocycles. The van der Waals surface area contributed by atoms with Crippen molar-refractivity contribution in [1.29, 1.82) is 0 Å². The van der Waals surface area contributed by atoms with Gasteiger partial charge in [-0.25, -0.2) is 0 Å². The molecule has 0 unspecified atom stereocenters. The van der Waals surface area contributed by atoms with Gasteiger partial charge in [0.15, 0.2) is 0 Å². The summed E-state index contributed by atoms with van der Waals surface area (Å²) < 4.78 is 3.62. The minimum Gasteiger partial charge on any atom is -0.335 e. The molecule has 0 spiro atoms. The molecule has 128 valence electrons. The van der Waals surface area contributed by atoms with E-state index < -0.39 is 0 Å². The Morgan fingerprint density at radius 3 is 2.76 bits per heavy atom. The van der Waals surface area contributed by atoms with Crippen LogP contribution in [-0.2, 0) is 6.54 Å². The minimum absolute atomic E-state index is 0.792. The Balaban J connectivity index is 1.82. The van der Waals surface area contributed by atoms with Gasteiger partial charge in [-0.3, -0.25) is 0 Å². The first-order chi connectivity index (χ1) is 12.1. The molecule has 5 heteroatoms. The van der Waals surface area contributed by atoms with Gasteiger partial charge in [-0.1, -0.05) is 40.8 Å². The van der Waals surface area contributed by atoms with E-state index in [1.807, 2.05) is 29.2 Å². The molecule has 25 heavy (non-hydrogen) atoms. The summed E-state index contributed by atoms with van der Waals surface area (Å²) in [5, 5.41) is 3.35. The number of thioether (sulfide) groups is 1. The van der Waals surface area contributed by atoms with Crippen LogP contribution in [0, 0.1) is 6.92 Å². The molecule has 2 aromatic carbocycles. The Morgan fingerprint density at radius 2 is 2.00 bits per heavy atom. The summed E-state index contributed by atoms with van der Waals surface area (Å²) in [7, 11) is 0. The second kappa shape index (κ2) is 6.67. The smallest absolute Gasteiger partial charge is 0.265 e. The zero-order valence-corrected chi connectivity index (χ0v) is 16.9. The van der Waals surface area contributed by atoms with E-state index in [4.69, 9.17) is 11.6 Å². The Kier molecular flexibility index (Phi) is 4.52. The largest absolute Gasteiger partial charge is 0.335 e. The van der Waals surface area contributed by atoms with Crippen LogP contribution >= 0.6 is 34.7 Å². The predicted molar refractivity (Wildman–Crippen MR) is 111 cm³/mol. The van der Waals surface area contributed by atoms with Crippen molar-refractivity contribution in [3.8, 4) is 0 Å². The number of hydrogen-bond acceptors (Lipinski definition) is 3. The van der Waals surface area contributed by atoms with E-state index in [0.717, 1.165) is 18.1 Å². The minimum atomic E-state index is 0.792. The lowest BCUT2D eigenvalue weighted by Crippen LogP contribution is -2.33. The zero-order chi connectivity index (χ0) is 17.6. The molecule has 1 aliphatic heterocycles. The van der Waals surface area contributed by atoms with E-state index in [0.29, 0.717) is 0 Å². The van der Waals surface area contributed by atoms with E-state index in [1.54, 1.807) is 0 Å². The summed E-state index contributed by atoms with van der Waals surface area (Å²) in [5.41, 5.74) is 3.84. The standard InChI is InChI=1S/C20H20ClN2S2/c1-4-22-15-10-13(3)6-8-17(15)24-19(22)12-20-23(5-2)16-11-14(21)7-9-18(16)25-20/h6-12H,4-5H2,1-3H3/q+1. The Hall–Kier alpha value is -1.49. The van der Waals surface area contributed by atoms with Crippen molar-refractivity contribution < 1.29 is 4.57 Å². The van der Waals surface area contributed by atoms with E-state index in [1.165, 1.54) is 36.4 Å². The number of halogens is 1. The molecule has 3 aromatic rings. The van der Waals surface area contributed by atoms with Gasteiger partial charge < -0.3 is 4.90 Å². The third kappa shape index (κ3) is 2.97. The fraction of sp³-hybridized carbons (Fsp3) is 0.250. The summed E-state index contributed by atoms with van der Waals surface area (Å²) in [4.78, 5) is 3.75. The van der Waals surface area contributed by atoms with E-state index in [2.05, 4.69) is 66.6 Å². The summed E-state index contributed by atoms with van der Waals surface area (Å²) >= 11 is 9.90. The van der Waals surface area contributed by atoms with Crippen LogP contribution in [0.5, 0.6) is 0 Å². The quantitative estimate of drug-likeness (QED) is 0.501. The second-order valence-electron chi connectivity index (χ2n) is 6.10. The highest BCUT2D eigenvalue weighted by Gasteiger charge is 2.26. The number of hydrogen-bond donors (Lipinski definition) is 0. The number of rotatable bonds is 3. The molecule has 2 heterocycles. The number of fused-ring (bicyclic) bond motifs is 2. The average Bonchev–Trinajstić information content (AvgIpc) is 3.11. The van der Waals surface area contributed by atoms with Gasteiger partial charge in [0.05, 0.1) is 16.8 Å². The van der Waals surface area contributed by atoms with E-state index in [-0.39, 0.29) is 0 Å². The van der Waals surface area contributed by atoms with Crippen molar-refractivity contribution in [2.24, 2.45) is 0 Å². The first-order valence-electron chi connectivity index (χ1n) is 8.50. The molecular weight excluding hydrogens is 368 g/mol. The summed E-state index contributed by atoms with van der Waals surface area (Å²) in [6, 6.07) is 12.9. The van der Waals surface area contributed by atoms with Crippen molar-refractivity contribution >= 4 is 56.7 Å². The molecule has 0 fully saturated rings. The molecule has 0 saturated carbocycles. The van der Waals surface area contributed by atoms with Crippen LogP contribution in [0.25, 0.3) is 16.3 Å². The van der Waals surface area contributed by atoms with Gasteiger partial charge in [0.25, 0.3) is 5.01 Å². The lowest BCUT2D eigenvalue weighted by molar-refractivity contribution is -0.665. The molecule has 0 radical (unpaired) electrons. The third-order valence-corrected chi connectivity index (χ3v) is 6.92. The van der Waals surface area contributed by atoms with Crippen LogP contribution in [-0.4, -0.2) is 6.54 Å². The maximum atomic E-state index is 6.21. The van der Waals surface area contributed by atoms with Crippen LogP contribution in [0.4, 0.5) is 5.69 Å². The monoisotopic (exact) mass is 387 g/mol. The molecule has 0 saturated heterocycles. The predicted octanol–water partition coefficient (Wildman–Crippen LogP) is 6.10. The number of aromatic nitrogens is 1. The van der Waals surface area contributed by atoms with Gasteiger partial charge in [0, 0.05) is 22.5 Å². The fourth-order valence-electron chi connectivity index (χ4n) is 3.26. The topological polar surface area (TPSA) is 7.12 Å². The Morgan fingerprint density at radius 1 is 1.16 bits per heavy atom. The van der Waals surface area contributed by atoms with Gasteiger partial charge in [-0.05, 0) is 50.6 Å². The van der Waals surface area contributed by atoms with Gasteiger partial charge in [-0.15, -0.1) is 0 Å². The van der Waals surface area contributed by atoms with Gasteiger partial charge in [0.1, 0.15) is 11.2 Å². The van der Waals surface area contributed by atoms with Crippen molar-refractivity contribution in [3.05, 3.63) is 57.0 Å². The van der Waals surface area contributed by atoms with E-state index in [9.17, 15) is 0 Å². The highest BCUT2D eigenvalue weighted by atomic mass is 35.5. The van der Waals surface area contributed by atoms with Crippen molar-refractivity contribution in [2.75, 3.05) is 11.4 Å². The number of anilines is 1. The fourth-order valence-corrected chi connectivity index (χ4v) is 5.79. The first kappa shape index (κ1) is 17.0. The molecule has 0 aliphatic carbocycles. The maximum Gasteiger partial charge on any atom is 0.265 e. The second-order valence-corrected chi connectivity index (χ2v) is 8.66. The van der Waals surface area contributed by atoms with Crippen LogP contribution < -0.4 is 9.47 Å². The molecule has 2 nitrogen and oxygen atoms in total. The van der Waals surface area contributed by atoms with Crippen LogP contribution in [0.2, 0.25) is 5.02 Å². The first-order valence-corrected chi connectivity index (χ1v) is 10.5. The highest BCUT2D eigenvalue weighted by molar-refractivity contribution is 8.03. The summed E-state index contributed by atoms with van der Waals surface area (Å²) in [5.74, 6) is 0. The van der Waals surface area contributed by atoms with Crippen LogP contribution in [0.3, 0.4) is 0 Å². The summed E-state index contributed by atoms with van der Waals surface area (Å²) in [6.45, 7) is 8.46. The van der Waals surface area contributed by atoms with Gasteiger partial charge >= 0.3 is 0 Å². The zero-order valence-electron chi connectivity index (χ0n) is 14.5. The van der Waals surface area contributed by atoms with Gasteiger partial charge in [0.2, 0.25) is 5.52 Å². The highest BCUT2D eigenvalue weighted by Crippen LogP contribution is 2.47. The number of benzene rings is 2. The number of thiazole rings is 1. The Bertz CT molecular complexity index is 991. The lowest BCUT2D eigenvalue weighted by Gasteiger charge is -2.17. The van der Waals surface area contributed by atoms with Crippen LogP contribution in [0.1, 0.15) is 24.4 Å². The number of aryl methyl sites for hydroxylation is 2. The molecular formula is C20H20ClN2S2+. The molecule has 0 atom stereocenters. The van der Waals surface area contributed by atoms with Gasteiger partial charge in [-0.2, -0.15) is 4.57 Å². The van der Waals surface area contributed by atoms with Crippen LogP contribution in [0.15, 0.2) is 46.3 Å². The molecule has 4 rings (SSSR count). The van der Waals surface area contributed by atoms with Crippen molar-refractivity contribution in [2.45, 2.75) is 32.2 Å². The molecule has 0 amide bonds. The van der Waals surface area contributed by atoms with Crippen molar-refractivity contribution in [3.63, 3.8) is 0 Å². The lowest BCUT2D eigenvalue weighted by atomic mass is 10.2. The number of nitrogens with zero attached hydrogens (tertiary/aromatic N) is 2. The van der Waals surface area contributed by atoms with Crippen molar-refractivity contribution in [1.82, 2.24) is 0 Å². The average molecular weight is 388 g/mol. The third-order valence-electron chi connectivity index (χ3n) is 4.46. The Labute approximate surface area is 161 Å².